The number of hydrogen-bond acceptors (Lipinski definition) is 3. The zero-order valence-corrected chi connectivity index (χ0v) is 19.5. The number of carbonyl (C=O) groups is 1. The Balaban J connectivity index is 1.33. The first-order valence-electron chi connectivity index (χ1n) is 11.6. The van der Waals surface area contributed by atoms with E-state index in [1.54, 1.807) is 6.07 Å². The molecule has 164 valence electrons. The molecule has 1 amide bonds. The fourth-order valence-corrected chi connectivity index (χ4v) is 7.36. The van der Waals surface area contributed by atoms with E-state index in [-0.39, 0.29) is 16.9 Å². The van der Waals surface area contributed by atoms with Crippen LogP contribution in [0.25, 0.3) is 22.0 Å². The van der Waals surface area contributed by atoms with Crippen molar-refractivity contribution in [3.8, 4) is 11.3 Å². The van der Waals surface area contributed by atoms with Gasteiger partial charge in [-0.2, -0.15) is 0 Å². The van der Waals surface area contributed by atoms with Gasteiger partial charge in [0.25, 0.3) is 5.56 Å². The van der Waals surface area contributed by atoms with Crippen LogP contribution in [0.2, 0.25) is 0 Å². The Hall–Kier alpha value is -2.47. The number of benzene rings is 2. The number of nitrogens with zero attached hydrogens (tertiary/aromatic N) is 2. The number of carbonyl (C=O) groups excluding carboxylic acids is 1. The molecular weight excluding hydrogens is 466 g/mol. The zero-order valence-electron chi connectivity index (χ0n) is 17.9. The van der Waals surface area contributed by atoms with Gasteiger partial charge in [-0.05, 0) is 79.9 Å². The topological polar surface area (TPSA) is 64.0 Å². The number of halogens is 1. The monoisotopic (exact) mass is 491 g/mol. The van der Waals surface area contributed by atoms with E-state index in [4.69, 9.17) is 0 Å². The minimum Gasteiger partial charge on any atom is -0.273 e. The standard InChI is InChI=1S/C26H26BrN3O2/c27-20-7-5-19(6-8-20)24-21-3-1-2-4-22(21)25(32)30(29-24)28-23(31)15-26-12-16-9-17(13-26)11-18(10-16)14-26/h1-8,16-18H,9-15H2,(H,28,31). The molecule has 1 aromatic heterocycles. The maximum absolute atomic E-state index is 13.2. The van der Waals surface area contributed by atoms with Crippen LogP contribution in [0.4, 0.5) is 0 Å². The Labute approximate surface area is 195 Å². The highest BCUT2D eigenvalue weighted by molar-refractivity contribution is 9.10. The summed E-state index contributed by atoms with van der Waals surface area (Å²) in [5.41, 5.74) is 4.25. The molecule has 0 saturated heterocycles. The van der Waals surface area contributed by atoms with Crippen LogP contribution in [0.1, 0.15) is 44.9 Å². The van der Waals surface area contributed by atoms with Crippen LogP contribution in [0, 0.1) is 23.2 Å². The van der Waals surface area contributed by atoms with E-state index in [2.05, 4.69) is 26.5 Å². The van der Waals surface area contributed by atoms with Gasteiger partial charge in [0.15, 0.2) is 0 Å². The van der Waals surface area contributed by atoms with Gasteiger partial charge in [-0.25, -0.2) is 5.43 Å². The van der Waals surface area contributed by atoms with E-state index < -0.39 is 0 Å². The summed E-state index contributed by atoms with van der Waals surface area (Å²) < 4.78 is 0.975. The maximum Gasteiger partial charge on any atom is 0.294 e. The summed E-state index contributed by atoms with van der Waals surface area (Å²) in [4.78, 5) is 27.5. The van der Waals surface area contributed by atoms with Crippen molar-refractivity contribution in [1.29, 1.82) is 0 Å². The minimum atomic E-state index is -0.291. The van der Waals surface area contributed by atoms with Crippen LogP contribution in [0.3, 0.4) is 0 Å². The van der Waals surface area contributed by atoms with Gasteiger partial charge >= 0.3 is 0 Å². The molecule has 4 bridgehead atoms. The van der Waals surface area contributed by atoms with E-state index >= 15 is 0 Å². The van der Waals surface area contributed by atoms with Crippen molar-refractivity contribution < 1.29 is 4.79 Å². The van der Waals surface area contributed by atoms with Gasteiger partial charge in [0.05, 0.1) is 5.39 Å². The van der Waals surface area contributed by atoms with E-state index in [1.165, 1.54) is 19.3 Å². The molecule has 0 atom stereocenters. The molecule has 0 spiro atoms. The summed E-state index contributed by atoms with van der Waals surface area (Å²) in [6, 6.07) is 15.3. The largest absolute Gasteiger partial charge is 0.294 e. The van der Waals surface area contributed by atoms with Crippen LogP contribution in [0.15, 0.2) is 57.8 Å². The molecule has 6 heteroatoms. The van der Waals surface area contributed by atoms with E-state index in [1.807, 2.05) is 42.5 Å². The van der Waals surface area contributed by atoms with E-state index in [0.29, 0.717) is 17.5 Å². The third-order valence-electron chi connectivity index (χ3n) is 7.85. The second kappa shape index (κ2) is 7.55. The molecule has 7 rings (SSSR count). The molecule has 3 aromatic rings. The number of aromatic nitrogens is 2. The van der Waals surface area contributed by atoms with Gasteiger partial charge in [0.1, 0.15) is 5.69 Å². The lowest BCUT2D eigenvalue weighted by molar-refractivity contribution is -0.125. The summed E-state index contributed by atoms with van der Waals surface area (Å²) in [5, 5.41) is 5.93. The molecule has 4 fully saturated rings. The predicted octanol–water partition coefficient (Wildman–Crippen LogP) is 5.50. The summed E-state index contributed by atoms with van der Waals surface area (Å²) in [5.74, 6) is 2.28. The highest BCUT2D eigenvalue weighted by atomic mass is 79.9. The Morgan fingerprint density at radius 1 is 0.969 bits per heavy atom. The van der Waals surface area contributed by atoms with Gasteiger partial charge in [0.2, 0.25) is 5.91 Å². The lowest BCUT2D eigenvalue weighted by atomic mass is 9.49. The van der Waals surface area contributed by atoms with E-state index in [9.17, 15) is 9.59 Å². The summed E-state index contributed by atoms with van der Waals surface area (Å²) in [7, 11) is 0. The number of nitrogens with one attached hydrogen (secondary N) is 1. The number of fused-ring (bicyclic) bond motifs is 1. The number of hydrogen-bond donors (Lipinski definition) is 1. The lowest BCUT2D eigenvalue weighted by Crippen LogP contribution is -2.48. The van der Waals surface area contributed by atoms with E-state index in [0.717, 1.165) is 57.2 Å². The molecule has 32 heavy (non-hydrogen) atoms. The molecule has 0 radical (unpaired) electrons. The Morgan fingerprint density at radius 2 is 1.56 bits per heavy atom. The average molecular weight is 492 g/mol. The first-order valence-corrected chi connectivity index (χ1v) is 12.4. The molecule has 4 aliphatic carbocycles. The fourth-order valence-electron chi connectivity index (χ4n) is 7.09. The van der Waals surface area contributed by atoms with Gasteiger partial charge in [-0.1, -0.05) is 46.3 Å². The second-order valence-electron chi connectivity index (χ2n) is 10.2. The quantitative estimate of drug-likeness (QED) is 0.523. The first-order chi connectivity index (χ1) is 15.5. The van der Waals surface area contributed by atoms with Crippen LogP contribution >= 0.6 is 15.9 Å². The fraction of sp³-hybridized carbons (Fsp3) is 0.423. The molecule has 1 heterocycles. The van der Waals surface area contributed by atoms with Gasteiger partial charge in [-0.3, -0.25) is 9.59 Å². The average Bonchev–Trinajstić information content (AvgIpc) is 2.75. The Bertz CT molecular complexity index is 1230. The third-order valence-corrected chi connectivity index (χ3v) is 8.38. The summed E-state index contributed by atoms with van der Waals surface area (Å²) in [6.07, 6.45) is 8.03. The SMILES string of the molecule is O=C(CC12CC3CC(CC(C3)C1)C2)Nn1nc(-c2ccc(Br)cc2)c2ccccc2c1=O. The number of amides is 1. The summed E-state index contributed by atoms with van der Waals surface area (Å²) in [6.45, 7) is 0. The highest BCUT2D eigenvalue weighted by Gasteiger charge is 2.51. The second-order valence-corrected chi connectivity index (χ2v) is 11.2. The van der Waals surface area contributed by atoms with Gasteiger partial charge < -0.3 is 0 Å². The van der Waals surface area contributed by atoms with Crippen molar-refractivity contribution in [2.75, 3.05) is 5.43 Å². The van der Waals surface area contributed by atoms with Crippen molar-refractivity contribution >= 4 is 32.6 Å². The zero-order chi connectivity index (χ0) is 21.9. The van der Waals surface area contributed by atoms with Crippen LogP contribution in [-0.2, 0) is 4.79 Å². The summed E-state index contributed by atoms with van der Waals surface area (Å²) >= 11 is 3.47. The lowest BCUT2D eigenvalue weighted by Gasteiger charge is -2.56. The van der Waals surface area contributed by atoms with Crippen LogP contribution in [-0.4, -0.2) is 15.8 Å². The highest BCUT2D eigenvalue weighted by Crippen LogP contribution is 2.61. The van der Waals surface area contributed by atoms with Gasteiger partial charge in [0, 0.05) is 21.8 Å². The molecule has 2 aromatic carbocycles. The normalized spacial score (nSPS) is 28.2. The maximum atomic E-state index is 13.2. The third kappa shape index (κ3) is 3.49. The molecule has 0 unspecified atom stereocenters. The van der Waals surface area contributed by atoms with Gasteiger partial charge in [-0.15, -0.1) is 9.89 Å². The smallest absolute Gasteiger partial charge is 0.273 e. The van der Waals surface area contributed by atoms with Crippen molar-refractivity contribution in [3.63, 3.8) is 0 Å². The Morgan fingerprint density at radius 3 is 2.19 bits per heavy atom. The molecule has 5 nitrogen and oxygen atoms in total. The van der Waals surface area contributed by atoms with Crippen LogP contribution < -0.4 is 11.0 Å². The van der Waals surface area contributed by atoms with Crippen molar-refractivity contribution in [2.45, 2.75) is 44.9 Å². The van der Waals surface area contributed by atoms with Crippen molar-refractivity contribution in [1.82, 2.24) is 9.89 Å². The van der Waals surface area contributed by atoms with Crippen molar-refractivity contribution in [2.24, 2.45) is 23.2 Å². The van der Waals surface area contributed by atoms with Crippen LogP contribution in [0.5, 0.6) is 0 Å². The molecule has 4 aliphatic rings. The Kier molecular flexibility index (Phi) is 4.75. The van der Waals surface area contributed by atoms with Crippen molar-refractivity contribution in [3.05, 3.63) is 63.4 Å². The molecule has 0 aliphatic heterocycles. The predicted molar refractivity (Wildman–Crippen MR) is 129 cm³/mol. The molecule has 1 N–H and O–H groups in total. The molecule has 4 saturated carbocycles. The first kappa shape index (κ1) is 20.2. The molecular formula is C26H26BrN3O2. The number of rotatable bonds is 4. The minimum absolute atomic E-state index is 0.0985.